The topological polar surface area (TPSA) is 111 Å². The SMILES string of the molecule is CNc1cc(Oc2cc(C)c(N)c(C)c2)ccc1[N+](=O)[O-].Cc1cc(C(C)(C)C)c(O)c(C(C)(C)C)c1. The number of aryl methyl sites for hydroxylation is 3. The van der Waals surface area contributed by atoms with Gasteiger partial charge in [0.1, 0.15) is 22.9 Å². The summed E-state index contributed by atoms with van der Waals surface area (Å²) in [6.45, 7) is 18.7. The molecule has 3 aromatic carbocycles. The van der Waals surface area contributed by atoms with Gasteiger partial charge in [-0.2, -0.15) is 0 Å². The molecule has 4 N–H and O–H groups in total. The van der Waals surface area contributed by atoms with E-state index in [4.69, 9.17) is 10.5 Å². The van der Waals surface area contributed by atoms with Crippen molar-refractivity contribution in [3.63, 3.8) is 0 Å². The molecule has 0 spiro atoms. The Balaban J connectivity index is 0.000000271. The molecule has 0 aliphatic carbocycles. The number of nitro groups is 1. The standard InChI is InChI=1S/C15H17N3O3.C15H24O/c1-9-6-12(7-10(2)15(9)16)21-11-4-5-14(18(19)20)13(8-11)17-3;1-10-8-11(14(2,3)4)13(16)12(9-10)15(5,6)7/h4-8,17H,16H2,1-3H3;8-9,16H,1-7H3. The molecule has 7 heteroatoms. The number of aromatic hydroxyl groups is 1. The minimum absolute atomic E-state index is 0.00881. The van der Waals surface area contributed by atoms with E-state index in [9.17, 15) is 15.2 Å². The summed E-state index contributed by atoms with van der Waals surface area (Å²) in [6, 6.07) is 12.4. The summed E-state index contributed by atoms with van der Waals surface area (Å²) in [7, 11) is 1.63. The average Bonchev–Trinajstić information content (AvgIpc) is 2.77. The van der Waals surface area contributed by atoms with Gasteiger partial charge in [-0.3, -0.25) is 10.1 Å². The highest BCUT2D eigenvalue weighted by Gasteiger charge is 2.25. The first-order valence-corrected chi connectivity index (χ1v) is 12.3. The van der Waals surface area contributed by atoms with Gasteiger partial charge in [0.2, 0.25) is 0 Å². The van der Waals surface area contributed by atoms with E-state index in [1.54, 1.807) is 19.2 Å². The quantitative estimate of drug-likeness (QED) is 0.188. The molecule has 37 heavy (non-hydrogen) atoms. The lowest BCUT2D eigenvalue weighted by molar-refractivity contribution is -0.384. The summed E-state index contributed by atoms with van der Waals surface area (Å²) in [5.74, 6) is 1.63. The Hall–Kier alpha value is -3.74. The van der Waals surface area contributed by atoms with E-state index in [1.807, 2.05) is 26.0 Å². The minimum atomic E-state index is -0.437. The van der Waals surface area contributed by atoms with Crippen LogP contribution in [0.25, 0.3) is 0 Å². The Morgan fingerprint density at radius 1 is 0.865 bits per heavy atom. The molecule has 0 heterocycles. The van der Waals surface area contributed by atoms with Gasteiger partial charge in [-0.05, 0) is 72.1 Å². The minimum Gasteiger partial charge on any atom is -0.507 e. The average molecular weight is 508 g/mol. The van der Waals surface area contributed by atoms with Crippen LogP contribution in [-0.2, 0) is 10.8 Å². The van der Waals surface area contributed by atoms with Crippen molar-refractivity contribution in [2.24, 2.45) is 0 Å². The number of nitrogen functional groups attached to an aromatic ring is 1. The number of nitro benzene ring substituents is 1. The molecular weight excluding hydrogens is 466 g/mol. The zero-order chi connectivity index (χ0) is 28.3. The molecule has 0 amide bonds. The van der Waals surface area contributed by atoms with Crippen LogP contribution in [0.15, 0.2) is 42.5 Å². The lowest BCUT2D eigenvalue weighted by atomic mass is 9.78. The van der Waals surface area contributed by atoms with E-state index in [1.165, 1.54) is 11.6 Å². The van der Waals surface area contributed by atoms with Crippen molar-refractivity contribution < 1.29 is 14.8 Å². The van der Waals surface area contributed by atoms with E-state index in [2.05, 4.69) is 65.9 Å². The number of rotatable bonds is 4. The second kappa shape index (κ2) is 11.1. The van der Waals surface area contributed by atoms with Gasteiger partial charge in [0.15, 0.2) is 0 Å². The first kappa shape index (κ1) is 29.5. The smallest absolute Gasteiger partial charge is 0.292 e. The van der Waals surface area contributed by atoms with Crippen LogP contribution >= 0.6 is 0 Å². The molecule has 0 radical (unpaired) electrons. The van der Waals surface area contributed by atoms with Crippen LogP contribution in [0, 0.1) is 30.9 Å². The van der Waals surface area contributed by atoms with Gasteiger partial charge >= 0.3 is 0 Å². The first-order chi connectivity index (χ1) is 16.9. The van der Waals surface area contributed by atoms with Crippen LogP contribution in [0.1, 0.15) is 69.4 Å². The second-order valence-corrected chi connectivity index (χ2v) is 11.5. The fourth-order valence-corrected chi connectivity index (χ4v) is 3.99. The molecule has 0 saturated carbocycles. The number of phenolic OH excluding ortho intramolecular Hbond substituents is 1. The Kier molecular flexibility index (Phi) is 8.86. The van der Waals surface area contributed by atoms with Crippen molar-refractivity contribution >= 4 is 17.1 Å². The maximum Gasteiger partial charge on any atom is 0.292 e. The van der Waals surface area contributed by atoms with Gasteiger partial charge in [0.25, 0.3) is 5.69 Å². The highest BCUT2D eigenvalue weighted by Crippen LogP contribution is 2.39. The van der Waals surface area contributed by atoms with Crippen molar-refractivity contribution in [3.05, 3.63) is 80.4 Å². The number of nitrogens with one attached hydrogen (secondary N) is 1. The second-order valence-electron chi connectivity index (χ2n) is 11.5. The Bertz CT molecular complexity index is 1230. The molecule has 200 valence electrons. The molecule has 0 atom stereocenters. The molecule has 0 fully saturated rings. The van der Waals surface area contributed by atoms with Crippen molar-refractivity contribution in [1.82, 2.24) is 0 Å². The number of anilines is 2. The highest BCUT2D eigenvalue weighted by molar-refractivity contribution is 5.64. The predicted molar refractivity (Wildman–Crippen MR) is 153 cm³/mol. The maximum absolute atomic E-state index is 10.9. The number of nitrogens with zero attached hydrogens (tertiary/aromatic N) is 1. The number of ether oxygens (including phenoxy) is 1. The van der Waals surface area contributed by atoms with Crippen molar-refractivity contribution in [2.75, 3.05) is 18.1 Å². The van der Waals surface area contributed by atoms with Gasteiger partial charge in [-0.1, -0.05) is 59.2 Å². The molecule has 0 aliphatic rings. The van der Waals surface area contributed by atoms with Crippen LogP contribution in [0.5, 0.6) is 17.2 Å². The van der Waals surface area contributed by atoms with Crippen LogP contribution in [0.4, 0.5) is 17.1 Å². The van der Waals surface area contributed by atoms with Gasteiger partial charge in [0.05, 0.1) is 4.92 Å². The number of benzene rings is 3. The zero-order valence-corrected chi connectivity index (χ0v) is 23.7. The number of hydrogen-bond acceptors (Lipinski definition) is 6. The van der Waals surface area contributed by atoms with E-state index in [0.29, 0.717) is 22.9 Å². The Morgan fingerprint density at radius 3 is 1.76 bits per heavy atom. The summed E-state index contributed by atoms with van der Waals surface area (Å²) in [6.07, 6.45) is 0. The Labute approximate surface area is 220 Å². The molecule has 0 bridgehead atoms. The van der Waals surface area contributed by atoms with Gasteiger partial charge in [0, 0.05) is 24.9 Å². The summed E-state index contributed by atoms with van der Waals surface area (Å²) in [4.78, 5) is 10.5. The van der Waals surface area contributed by atoms with Crippen molar-refractivity contribution in [1.29, 1.82) is 0 Å². The lowest BCUT2D eigenvalue weighted by Gasteiger charge is -2.27. The van der Waals surface area contributed by atoms with Gasteiger partial charge < -0.3 is 20.9 Å². The van der Waals surface area contributed by atoms with Crippen LogP contribution in [0.3, 0.4) is 0 Å². The van der Waals surface area contributed by atoms with Crippen LogP contribution < -0.4 is 15.8 Å². The highest BCUT2D eigenvalue weighted by atomic mass is 16.6. The monoisotopic (exact) mass is 507 g/mol. The summed E-state index contributed by atoms with van der Waals surface area (Å²) >= 11 is 0. The molecule has 3 aromatic rings. The number of hydrogen-bond donors (Lipinski definition) is 3. The van der Waals surface area contributed by atoms with E-state index in [0.717, 1.165) is 27.9 Å². The van der Waals surface area contributed by atoms with E-state index < -0.39 is 4.92 Å². The summed E-state index contributed by atoms with van der Waals surface area (Å²) < 4.78 is 5.75. The van der Waals surface area contributed by atoms with Gasteiger partial charge in [-0.25, -0.2) is 0 Å². The molecule has 0 aromatic heterocycles. The van der Waals surface area contributed by atoms with Crippen molar-refractivity contribution in [2.45, 2.75) is 73.1 Å². The fraction of sp³-hybridized carbons (Fsp3) is 0.400. The lowest BCUT2D eigenvalue weighted by Crippen LogP contribution is -2.17. The van der Waals surface area contributed by atoms with Crippen LogP contribution in [-0.4, -0.2) is 17.1 Å². The summed E-state index contributed by atoms with van der Waals surface area (Å²) in [5.41, 5.74) is 12.2. The molecule has 0 aliphatic heterocycles. The molecule has 7 nitrogen and oxygen atoms in total. The molecular formula is C30H41N3O4. The molecule has 0 unspecified atom stereocenters. The third-order valence-electron chi connectivity index (χ3n) is 6.11. The maximum atomic E-state index is 10.9. The Morgan fingerprint density at radius 2 is 1.35 bits per heavy atom. The number of phenols is 1. The number of nitrogens with two attached hydrogens (primary N) is 1. The van der Waals surface area contributed by atoms with Gasteiger partial charge in [-0.15, -0.1) is 0 Å². The van der Waals surface area contributed by atoms with Crippen LogP contribution in [0.2, 0.25) is 0 Å². The fourth-order valence-electron chi connectivity index (χ4n) is 3.99. The van der Waals surface area contributed by atoms with Crippen molar-refractivity contribution in [3.8, 4) is 17.2 Å². The molecule has 3 rings (SSSR count). The summed E-state index contributed by atoms with van der Waals surface area (Å²) in [5, 5.41) is 24.1. The van der Waals surface area contributed by atoms with E-state index >= 15 is 0 Å². The van der Waals surface area contributed by atoms with E-state index in [-0.39, 0.29) is 16.5 Å². The zero-order valence-electron chi connectivity index (χ0n) is 23.7. The molecule has 0 saturated heterocycles. The predicted octanol–water partition coefficient (Wildman–Crippen LogP) is 7.92. The largest absolute Gasteiger partial charge is 0.507 e. The third-order valence-corrected chi connectivity index (χ3v) is 6.11. The normalized spacial score (nSPS) is 11.4. The third kappa shape index (κ3) is 7.38. The first-order valence-electron chi connectivity index (χ1n) is 12.3.